The number of carbonyl (C=O) groups is 2. The van der Waals surface area contributed by atoms with Crippen molar-refractivity contribution in [1.82, 2.24) is 9.88 Å². The zero-order valence-electron chi connectivity index (χ0n) is 14.2. The van der Waals surface area contributed by atoms with Crippen LogP contribution >= 0.6 is 11.3 Å². The summed E-state index contributed by atoms with van der Waals surface area (Å²) in [6.45, 7) is 6.03. The molecule has 0 aliphatic heterocycles. The number of esters is 1. The van der Waals surface area contributed by atoms with E-state index in [0.29, 0.717) is 12.2 Å². The molecule has 0 saturated heterocycles. The highest BCUT2D eigenvalue weighted by molar-refractivity contribution is 7.09. The summed E-state index contributed by atoms with van der Waals surface area (Å²) in [7, 11) is 0. The number of ether oxygens (including phenoxy) is 1. The van der Waals surface area contributed by atoms with Gasteiger partial charge in [-0.3, -0.25) is 9.59 Å². The summed E-state index contributed by atoms with van der Waals surface area (Å²) in [4.78, 5) is 30.2. The predicted molar refractivity (Wildman–Crippen MR) is 93.6 cm³/mol. The first-order chi connectivity index (χ1) is 11.5. The lowest BCUT2D eigenvalue weighted by Crippen LogP contribution is -2.39. The minimum Gasteiger partial charge on any atom is -0.455 e. The number of aryl methyl sites for hydroxylation is 1. The van der Waals surface area contributed by atoms with E-state index in [9.17, 15) is 9.59 Å². The van der Waals surface area contributed by atoms with Crippen LogP contribution in [0.2, 0.25) is 0 Å². The van der Waals surface area contributed by atoms with Gasteiger partial charge in [-0.05, 0) is 26.3 Å². The summed E-state index contributed by atoms with van der Waals surface area (Å²) >= 11 is 1.49. The SMILES string of the molecule is Cc1nc(CC(=O)OCC(=O)N(Cc2ccccc2)C(C)C)cs1. The van der Waals surface area contributed by atoms with E-state index in [1.165, 1.54) is 11.3 Å². The Morgan fingerprint density at radius 1 is 1.25 bits per heavy atom. The smallest absolute Gasteiger partial charge is 0.312 e. The van der Waals surface area contributed by atoms with Crippen LogP contribution in [0.15, 0.2) is 35.7 Å². The zero-order chi connectivity index (χ0) is 17.5. The molecular weight excluding hydrogens is 324 g/mol. The maximum Gasteiger partial charge on any atom is 0.312 e. The standard InChI is InChI=1S/C18H22N2O3S/c1-13(2)20(10-15-7-5-4-6-8-15)17(21)11-23-18(22)9-16-12-24-14(3)19-16/h4-8,12-13H,9-11H2,1-3H3. The first kappa shape index (κ1) is 18.1. The summed E-state index contributed by atoms with van der Waals surface area (Å²) in [5.74, 6) is -0.631. The summed E-state index contributed by atoms with van der Waals surface area (Å²) in [5, 5.41) is 2.73. The molecule has 0 aliphatic rings. The number of aromatic nitrogens is 1. The molecule has 0 radical (unpaired) electrons. The van der Waals surface area contributed by atoms with Crippen molar-refractivity contribution in [1.29, 1.82) is 0 Å². The van der Waals surface area contributed by atoms with E-state index in [-0.39, 0.29) is 25.0 Å². The molecule has 2 aromatic rings. The maximum absolute atomic E-state index is 12.4. The summed E-state index contributed by atoms with van der Waals surface area (Å²) in [6.07, 6.45) is 0.0952. The predicted octanol–water partition coefficient (Wildman–Crippen LogP) is 2.97. The fraction of sp³-hybridized carbons (Fsp3) is 0.389. The first-order valence-corrected chi connectivity index (χ1v) is 8.73. The third-order valence-corrected chi connectivity index (χ3v) is 4.31. The highest BCUT2D eigenvalue weighted by Gasteiger charge is 2.19. The molecule has 128 valence electrons. The van der Waals surface area contributed by atoms with Gasteiger partial charge in [0.05, 0.1) is 17.1 Å². The molecular formula is C18H22N2O3S. The minimum absolute atomic E-state index is 0.0256. The number of hydrogen-bond acceptors (Lipinski definition) is 5. The van der Waals surface area contributed by atoms with Crippen molar-refractivity contribution >= 4 is 23.2 Å². The van der Waals surface area contributed by atoms with Gasteiger partial charge in [-0.2, -0.15) is 0 Å². The number of rotatable bonds is 7. The van der Waals surface area contributed by atoms with Gasteiger partial charge in [-0.15, -0.1) is 11.3 Å². The van der Waals surface area contributed by atoms with E-state index in [1.807, 2.05) is 56.5 Å². The van der Waals surface area contributed by atoms with Gasteiger partial charge in [-0.1, -0.05) is 30.3 Å². The van der Waals surface area contributed by atoms with Gasteiger partial charge in [0, 0.05) is 18.0 Å². The van der Waals surface area contributed by atoms with Crippen molar-refractivity contribution < 1.29 is 14.3 Å². The van der Waals surface area contributed by atoms with Gasteiger partial charge in [0.15, 0.2) is 6.61 Å². The van der Waals surface area contributed by atoms with E-state index < -0.39 is 5.97 Å². The molecule has 0 unspecified atom stereocenters. The van der Waals surface area contributed by atoms with Gasteiger partial charge < -0.3 is 9.64 Å². The Balaban J connectivity index is 1.87. The Labute approximate surface area is 146 Å². The van der Waals surface area contributed by atoms with Crippen molar-refractivity contribution in [3.8, 4) is 0 Å². The van der Waals surface area contributed by atoms with Crippen LogP contribution in [-0.2, 0) is 27.3 Å². The molecule has 6 heteroatoms. The lowest BCUT2D eigenvalue weighted by Gasteiger charge is -2.26. The molecule has 1 aromatic carbocycles. The summed E-state index contributed by atoms with van der Waals surface area (Å²) < 4.78 is 5.12. The summed E-state index contributed by atoms with van der Waals surface area (Å²) in [5.41, 5.74) is 1.73. The fourth-order valence-corrected chi connectivity index (χ4v) is 2.86. The van der Waals surface area contributed by atoms with Crippen molar-refractivity contribution in [2.75, 3.05) is 6.61 Å². The summed E-state index contributed by atoms with van der Waals surface area (Å²) in [6, 6.07) is 9.78. The molecule has 0 saturated carbocycles. The molecule has 2 rings (SSSR count). The van der Waals surface area contributed by atoms with Gasteiger partial charge >= 0.3 is 5.97 Å². The molecule has 0 N–H and O–H groups in total. The molecule has 1 amide bonds. The van der Waals surface area contributed by atoms with E-state index >= 15 is 0 Å². The number of carbonyl (C=O) groups excluding carboxylic acids is 2. The van der Waals surface area contributed by atoms with Crippen LogP contribution in [0.5, 0.6) is 0 Å². The van der Waals surface area contributed by atoms with Crippen LogP contribution in [0.3, 0.4) is 0 Å². The van der Waals surface area contributed by atoms with Crippen LogP contribution in [-0.4, -0.2) is 34.4 Å². The normalized spacial score (nSPS) is 10.7. The quantitative estimate of drug-likeness (QED) is 0.723. The van der Waals surface area contributed by atoms with Gasteiger partial charge in [0.25, 0.3) is 5.91 Å². The van der Waals surface area contributed by atoms with E-state index in [4.69, 9.17) is 4.74 Å². The average molecular weight is 346 g/mol. The molecule has 0 fully saturated rings. The Hall–Kier alpha value is -2.21. The lowest BCUT2D eigenvalue weighted by atomic mass is 10.2. The van der Waals surface area contributed by atoms with Crippen LogP contribution in [0.4, 0.5) is 0 Å². The van der Waals surface area contributed by atoms with Crippen LogP contribution < -0.4 is 0 Å². The number of hydrogen-bond donors (Lipinski definition) is 0. The van der Waals surface area contributed by atoms with Crippen LogP contribution in [0.1, 0.15) is 30.1 Å². The Kier molecular flexibility index (Phi) is 6.49. The number of benzene rings is 1. The van der Waals surface area contributed by atoms with Crippen LogP contribution in [0.25, 0.3) is 0 Å². The second kappa shape index (κ2) is 8.59. The third-order valence-electron chi connectivity index (χ3n) is 3.49. The Morgan fingerprint density at radius 2 is 1.96 bits per heavy atom. The molecule has 5 nitrogen and oxygen atoms in total. The Morgan fingerprint density at radius 3 is 2.54 bits per heavy atom. The molecule has 24 heavy (non-hydrogen) atoms. The number of amides is 1. The van der Waals surface area contributed by atoms with Gasteiger partial charge in [0.1, 0.15) is 0 Å². The van der Waals surface area contributed by atoms with Crippen molar-refractivity contribution in [2.24, 2.45) is 0 Å². The first-order valence-electron chi connectivity index (χ1n) is 7.85. The van der Waals surface area contributed by atoms with Crippen LogP contribution in [0, 0.1) is 6.92 Å². The molecule has 0 aliphatic carbocycles. The largest absolute Gasteiger partial charge is 0.455 e. The second-order valence-electron chi connectivity index (χ2n) is 5.80. The lowest BCUT2D eigenvalue weighted by molar-refractivity contribution is -0.152. The average Bonchev–Trinajstić information content (AvgIpc) is 2.96. The number of nitrogens with zero attached hydrogens (tertiary/aromatic N) is 2. The third kappa shape index (κ3) is 5.45. The topological polar surface area (TPSA) is 59.5 Å². The van der Waals surface area contributed by atoms with E-state index in [0.717, 1.165) is 10.6 Å². The van der Waals surface area contributed by atoms with Gasteiger partial charge in [0.2, 0.25) is 0 Å². The van der Waals surface area contributed by atoms with Crippen molar-refractivity contribution in [2.45, 2.75) is 39.8 Å². The second-order valence-corrected chi connectivity index (χ2v) is 6.86. The Bertz CT molecular complexity index is 683. The molecule has 0 atom stereocenters. The monoisotopic (exact) mass is 346 g/mol. The van der Waals surface area contributed by atoms with Crippen molar-refractivity contribution in [3.63, 3.8) is 0 Å². The van der Waals surface area contributed by atoms with E-state index in [1.54, 1.807) is 4.90 Å². The van der Waals surface area contributed by atoms with E-state index in [2.05, 4.69) is 4.98 Å². The number of thiazole rings is 1. The molecule has 1 heterocycles. The maximum atomic E-state index is 12.4. The fourth-order valence-electron chi connectivity index (χ4n) is 2.25. The minimum atomic E-state index is -0.433. The van der Waals surface area contributed by atoms with Gasteiger partial charge in [-0.25, -0.2) is 4.98 Å². The molecule has 0 bridgehead atoms. The molecule has 1 aromatic heterocycles. The highest BCUT2D eigenvalue weighted by Crippen LogP contribution is 2.10. The van der Waals surface area contributed by atoms with Crippen molar-refractivity contribution in [3.05, 3.63) is 52.0 Å². The highest BCUT2D eigenvalue weighted by atomic mass is 32.1. The zero-order valence-corrected chi connectivity index (χ0v) is 15.0. The molecule has 0 spiro atoms.